The number of thiazole rings is 1. The number of hydrogen-bond acceptors (Lipinski definition) is 6. The van der Waals surface area contributed by atoms with Gasteiger partial charge in [-0.3, -0.25) is 0 Å². The molecule has 0 bridgehead atoms. The van der Waals surface area contributed by atoms with Crippen LogP contribution in [0.1, 0.15) is 10.7 Å². The zero-order valence-electron chi connectivity index (χ0n) is 9.80. The van der Waals surface area contributed by atoms with Gasteiger partial charge in [-0.25, -0.2) is 9.97 Å². The minimum Gasteiger partial charge on any atom is -0.481 e. The van der Waals surface area contributed by atoms with Crippen molar-refractivity contribution in [1.29, 1.82) is 0 Å². The standard InChI is InChI=1S/C11H14N4OS/c1-8-14-9(7-17-8)3-5-12-11-13-6-4-10(15-11)16-2/h4,6-7H,3,5H2,1-2H3,(H,12,13,15). The predicted octanol–water partition coefficient (Wildman–Crippen LogP) is 1.90. The van der Waals surface area contributed by atoms with Gasteiger partial charge in [0, 0.05) is 30.6 Å². The molecule has 2 aromatic rings. The Hall–Kier alpha value is -1.69. The topological polar surface area (TPSA) is 59.9 Å². The highest BCUT2D eigenvalue weighted by molar-refractivity contribution is 7.09. The third-order valence-electron chi connectivity index (χ3n) is 2.17. The Labute approximate surface area is 104 Å². The zero-order valence-corrected chi connectivity index (χ0v) is 10.6. The molecule has 5 nitrogen and oxygen atoms in total. The number of aryl methyl sites for hydroxylation is 1. The summed E-state index contributed by atoms with van der Waals surface area (Å²) >= 11 is 1.67. The van der Waals surface area contributed by atoms with Crippen LogP contribution in [0.25, 0.3) is 0 Å². The first kappa shape index (κ1) is 11.8. The molecular formula is C11H14N4OS. The minimum atomic E-state index is 0.562. The fraction of sp³-hybridized carbons (Fsp3) is 0.364. The summed E-state index contributed by atoms with van der Waals surface area (Å²) in [5, 5.41) is 6.31. The average molecular weight is 250 g/mol. The molecule has 2 rings (SSSR count). The summed E-state index contributed by atoms with van der Waals surface area (Å²) in [6, 6.07) is 1.72. The first-order chi connectivity index (χ1) is 8.28. The molecule has 0 unspecified atom stereocenters. The maximum atomic E-state index is 5.02. The van der Waals surface area contributed by atoms with Crippen molar-refractivity contribution in [3.63, 3.8) is 0 Å². The molecule has 0 atom stereocenters. The van der Waals surface area contributed by atoms with E-state index in [4.69, 9.17) is 4.74 Å². The van der Waals surface area contributed by atoms with E-state index in [2.05, 4.69) is 25.6 Å². The lowest BCUT2D eigenvalue weighted by atomic mass is 10.3. The molecule has 0 aromatic carbocycles. The molecule has 0 aliphatic carbocycles. The molecule has 2 aromatic heterocycles. The number of nitrogens with one attached hydrogen (secondary N) is 1. The second-order valence-electron chi connectivity index (χ2n) is 3.46. The van der Waals surface area contributed by atoms with Gasteiger partial charge >= 0.3 is 0 Å². The molecule has 0 saturated heterocycles. The van der Waals surface area contributed by atoms with E-state index in [0.717, 1.165) is 23.7 Å². The molecule has 0 saturated carbocycles. The van der Waals surface area contributed by atoms with E-state index >= 15 is 0 Å². The molecule has 0 spiro atoms. The Balaban J connectivity index is 1.85. The van der Waals surface area contributed by atoms with Gasteiger partial charge in [-0.1, -0.05) is 0 Å². The number of rotatable bonds is 5. The van der Waals surface area contributed by atoms with Gasteiger partial charge in [-0.15, -0.1) is 11.3 Å². The normalized spacial score (nSPS) is 10.2. The molecule has 0 fully saturated rings. The minimum absolute atomic E-state index is 0.562. The number of nitrogens with zero attached hydrogens (tertiary/aromatic N) is 3. The van der Waals surface area contributed by atoms with Crippen LogP contribution in [0.2, 0.25) is 0 Å². The van der Waals surface area contributed by atoms with Gasteiger partial charge in [0.15, 0.2) is 0 Å². The van der Waals surface area contributed by atoms with Crippen molar-refractivity contribution in [3.05, 3.63) is 28.3 Å². The van der Waals surface area contributed by atoms with Crippen LogP contribution in [0.4, 0.5) is 5.95 Å². The largest absolute Gasteiger partial charge is 0.481 e. The fourth-order valence-electron chi connectivity index (χ4n) is 1.37. The number of ether oxygens (including phenoxy) is 1. The molecule has 2 heterocycles. The van der Waals surface area contributed by atoms with E-state index < -0.39 is 0 Å². The van der Waals surface area contributed by atoms with Crippen molar-refractivity contribution in [2.75, 3.05) is 19.0 Å². The van der Waals surface area contributed by atoms with E-state index in [9.17, 15) is 0 Å². The van der Waals surface area contributed by atoms with Gasteiger partial charge in [0.2, 0.25) is 11.8 Å². The second kappa shape index (κ2) is 5.58. The first-order valence-corrected chi connectivity index (χ1v) is 6.18. The van der Waals surface area contributed by atoms with Gasteiger partial charge in [0.25, 0.3) is 0 Å². The highest BCUT2D eigenvalue weighted by Crippen LogP contribution is 2.09. The number of anilines is 1. The third-order valence-corrected chi connectivity index (χ3v) is 2.99. The van der Waals surface area contributed by atoms with E-state index in [1.165, 1.54) is 0 Å². The van der Waals surface area contributed by atoms with Crippen molar-refractivity contribution < 1.29 is 4.74 Å². The molecule has 6 heteroatoms. The molecule has 0 aliphatic rings. The smallest absolute Gasteiger partial charge is 0.225 e. The first-order valence-electron chi connectivity index (χ1n) is 5.30. The van der Waals surface area contributed by atoms with Crippen LogP contribution in [0.3, 0.4) is 0 Å². The quantitative estimate of drug-likeness (QED) is 0.878. The van der Waals surface area contributed by atoms with Crippen LogP contribution < -0.4 is 10.1 Å². The molecule has 1 N–H and O–H groups in total. The van der Waals surface area contributed by atoms with E-state index in [-0.39, 0.29) is 0 Å². The highest BCUT2D eigenvalue weighted by Gasteiger charge is 2.00. The SMILES string of the molecule is COc1ccnc(NCCc2csc(C)n2)n1. The lowest BCUT2D eigenvalue weighted by Crippen LogP contribution is -2.08. The summed E-state index contributed by atoms with van der Waals surface area (Å²) < 4.78 is 5.02. The van der Waals surface area contributed by atoms with Crippen molar-refractivity contribution >= 4 is 17.3 Å². The predicted molar refractivity (Wildman–Crippen MR) is 67.6 cm³/mol. The third kappa shape index (κ3) is 3.39. The van der Waals surface area contributed by atoms with Crippen molar-refractivity contribution in [1.82, 2.24) is 15.0 Å². The molecule has 17 heavy (non-hydrogen) atoms. The van der Waals surface area contributed by atoms with E-state index in [1.807, 2.05) is 6.92 Å². The lowest BCUT2D eigenvalue weighted by Gasteiger charge is -2.04. The number of aromatic nitrogens is 3. The number of methoxy groups -OCH3 is 1. The second-order valence-corrected chi connectivity index (χ2v) is 4.52. The van der Waals surface area contributed by atoms with Crippen LogP contribution in [0, 0.1) is 6.92 Å². The van der Waals surface area contributed by atoms with Gasteiger partial charge < -0.3 is 10.1 Å². The van der Waals surface area contributed by atoms with Crippen LogP contribution in [0.15, 0.2) is 17.6 Å². The van der Waals surface area contributed by atoms with Gasteiger partial charge in [0.05, 0.1) is 17.8 Å². The summed E-state index contributed by atoms with van der Waals surface area (Å²) in [5.41, 5.74) is 1.10. The lowest BCUT2D eigenvalue weighted by molar-refractivity contribution is 0.397. The van der Waals surface area contributed by atoms with Crippen LogP contribution in [0.5, 0.6) is 5.88 Å². The van der Waals surface area contributed by atoms with Crippen LogP contribution >= 0.6 is 11.3 Å². The summed E-state index contributed by atoms with van der Waals surface area (Å²) in [6.07, 6.45) is 2.53. The summed E-state index contributed by atoms with van der Waals surface area (Å²) in [7, 11) is 1.59. The Morgan fingerprint density at radius 3 is 3.00 bits per heavy atom. The maximum Gasteiger partial charge on any atom is 0.225 e. The number of hydrogen-bond donors (Lipinski definition) is 1. The van der Waals surface area contributed by atoms with Crippen molar-refractivity contribution in [3.8, 4) is 5.88 Å². The maximum absolute atomic E-state index is 5.02. The van der Waals surface area contributed by atoms with Gasteiger partial charge in [-0.2, -0.15) is 4.98 Å². The van der Waals surface area contributed by atoms with Gasteiger partial charge in [-0.05, 0) is 6.92 Å². The summed E-state index contributed by atoms with van der Waals surface area (Å²) in [4.78, 5) is 12.7. The van der Waals surface area contributed by atoms with Crippen molar-refractivity contribution in [2.24, 2.45) is 0 Å². The fourth-order valence-corrected chi connectivity index (χ4v) is 2.01. The molecule has 0 amide bonds. The molecule has 90 valence electrons. The average Bonchev–Trinajstić information content (AvgIpc) is 2.75. The van der Waals surface area contributed by atoms with Crippen molar-refractivity contribution in [2.45, 2.75) is 13.3 Å². The summed E-state index contributed by atoms with van der Waals surface area (Å²) in [6.45, 7) is 2.77. The van der Waals surface area contributed by atoms with Crippen LogP contribution in [-0.2, 0) is 6.42 Å². The monoisotopic (exact) mass is 250 g/mol. The Morgan fingerprint density at radius 1 is 1.41 bits per heavy atom. The van der Waals surface area contributed by atoms with Gasteiger partial charge in [0.1, 0.15) is 0 Å². The molecular weight excluding hydrogens is 236 g/mol. The Bertz CT molecular complexity index is 486. The highest BCUT2D eigenvalue weighted by atomic mass is 32.1. The molecule has 0 radical (unpaired) electrons. The van der Waals surface area contributed by atoms with E-state index in [1.54, 1.807) is 30.7 Å². The summed E-state index contributed by atoms with van der Waals surface area (Å²) in [5.74, 6) is 1.14. The van der Waals surface area contributed by atoms with E-state index in [0.29, 0.717) is 11.8 Å². The molecule has 0 aliphatic heterocycles. The zero-order chi connectivity index (χ0) is 12.1. The Morgan fingerprint density at radius 2 is 2.29 bits per heavy atom. The Kier molecular flexibility index (Phi) is 3.87. The van der Waals surface area contributed by atoms with Crippen LogP contribution in [-0.4, -0.2) is 28.6 Å².